The summed E-state index contributed by atoms with van der Waals surface area (Å²) in [7, 11) is 0. The Bertz CT molecular complexity index is 1200. The summed E-state index contributed by atoms with van der Waals surface area (Å²) in [5, 5.41) is 13.3. The first kappa shape index (κ1) is 39.1. The summed E-state index contributed by atoms with van der Waals surface area (Å²) in [6, 6.07) is 6.22. The molecule has 2 aliphatic carbocycles. The van der Waals surface area contributed by atoms with Crippen molar-refractivity contribution in [3.8, 4) is 5.75 Å². The number of allylic oxidation sites excluding steroid dienone is 6. The van der Waals surface area contributed by atoms with E-state index >= 15 is 0 Å². The van der Waals surface area contributed by atoms with E-state index in [1.165, 1.54) is 12.8 Å². The third kappa shape index (κ3) is 13.0. The highest BCUT2D eigenvalue weighted by molar-refractivity contribution is 8.02. The normalized spacial score (nSPS) is 16.0. The predicted octanol–water partition coefficient (Wildman–Crippen LogP) is 10.2. The zero-order valence-corrected chi connectivity index (χ0v) is 29.5. The first-order valence-electron chi connectivity index (χ1n) is 16.3. The monoisotopic (exact) mass is 623 g/mol. The molecule has 1 atom stereocenters. The lowest BCUT2D eigenvalue weighted by Gasteiger charge is -2.19. The van der Waals surface area contributed by atoms with Crippen LogP contribution in [0, 0.1) is 6.92 Å². The fourth-order valence-corrected chi connectivity index (χ4v) is 5.74. The number of carboxylic acid groups (broad SMARTS) is 1. The Labute approximate surface area is 272 Å². The van der Waals surface area contributed by atoms with Gasteiger partial charge >= 0.3 is 5.97 Å². The third-order valence-corrected chi connectivity index (χ3v) is 7.89. The summed E-state index contributed by atoms with van der Waals surface area (Å²) in [5.41, 5.74) is 6.25. The Hall–Kier alpha value is -2.96. The zero-order valence-electron chi connectivity index (χ0n) is 28.7. The Kier molecular flexibility index (Phi) is 19.3. The molecule has 244 valence electrons. The minimum Gasteiger partial charge on any atom is -0.490 e. The van der Waals surface area contributed by atoms with Crippen molar-refractivity contribution < 1.29 is 19.4 Å². The van der Waals surface area contributed by atoms with Crippen molar-refractivity contribution in [1.82, 2.24) is 5.32 Å². The number of carboxylic acids is 1. The lowest BCUT2D eigenvalue weighted by Crippen LogP contribution is -2.27. The highest BCUT2D eigenvalue weighted by Crippen LogP contribution is 2.32. The SMILES string of the molecule is C=C(NCC1=C(/C(=C/C=C/C)SC)C=CCC(CC(OC(C)C)C(=O)O)=C1)c1ccc(OC2CCCC2)cc1C.CC.CC. The molecular formula is C38H57NO4S. The van der Waals surface area contributed by atoms with Gasteiger partial charge in [0.2, 0.25) is 0 Å². The van der Waals surface area contributed by atoms with Gasteiger partial charge in [-0.05, 0) is 107 Å². The van der Waals surface area contributed by atoms with Gasteiger partial charge in [0.1, 0.15) is 5.75 Å². The van der Waals surface area contributed by atoms with Crippen LogP contribution in [0.3, 0.4) is 0 Å². The van der Waals surface area contributed by atoms with Gasteiger partial charge < -0.3 is 19.9 Å². The van der Waals surface area contributed by atoms with Crippen LogP contribution < -0.4 is 10.1 Å². The number of aryl methyl sites for hydroxylation is 1. The second-order valence-electron chi connectivity index (χ2n) is 10.7. The van der Waals surface area contributed by atoms with Gasteiger partial charge in [-0.25, -0.2) is 4.79 Å². The highest BCUT2D eigenvalue weighted by atomic mass is 32.2. The van der Waals surface area contributed by atoms with Crippen LogP contribution in [0.25, 0.3) is 5.70 Å². The first-order chi connectivity index (χ1) is 21.2. The van der Waals surface area contributed by atoms with Crippen molar-refractivity contribution in [1.29, 1.82) is 0 Å². The molecule has 1 aromatic carbocycles. The lowest BCUT2D eigenvalue weighted by molar-refractivity contribution is -0.153. The lowest BCUT2D eigenvalue weighted by atomic mass is 10.0. The van der Waals surface area contributed by atoms with Crippen LogP contribution in [0.5, 0.6) is 5.75 Å². The number of hydrogen-bond acceptors (Lipinski definition) is 5. The molecule has 1 aromatic rings. The van der Waals surface area contributed by atoms with Crippen LogP contribution in [0.2, 0.25) is 0 Å². The number of thioether (sulfide) groups is 1. The molecule has 2 aliphatic rings. The van der Waals surface area contributed by atoms with Gasteiger partial charge in [0, 0.05) is 29.1 Å². The fraction of sp³-hybridized carbons (Fsp3) is 0.500. The molecule has 3 rings (SSSR count). The van der Waals surface area contributed by atoms with Crippen molar-refractivity contribution in [2.24, 2.45) is 0 Å². The highest BCUT2D eigenvalue weighted by Gasteiger charge is 2.22. The van der Waals surface area contributed by atoms with Gasteiger partial charge in [0.25, 0.3) is 0 Å². The molecule has 6 heteroatoms. The Morgan fingerprint density at radius 3 is 2.43 bits per heavy atom. The predicted molar refractivity (Wildman–Crippen MR) is 191 cm³/mol. The minimum absolute atomic E-state index is 0.163. The molecule has 0 aromatic heterocycles. The smallest absolute Gasteiger partial charge is 0.333 e. The molecule has 0 bridgehead atoms. The molecule has 0 heterocycles. The average molecular weight is 624 g/mol. The van der Waals surface area contributed by atoms with E-state index in [1.54, 1.807) is 11.8 Å². The van der Waals surface area contributed by atoms with Crippen molar-refractivity contribution in [2.45, 2.75) is 112 Å². The van der Waals surface area contributed by atoms with Crippen LogP contribution in [-0.2, 0) is 9.53 Å². The van der Waals surface area contributed by atoms with Crippen molar-refractivity contribution in [3.05, 3.63) is 94.0 Å². The number of aliphatic carboxylic acids is 1. The molecule has 0 amide bonds. The van der Waals surface area contributed by atoms with E-state index in [0.717, 1.165) is 57.0 Å². The van der Waals surface area contributed by atoms with Gasteiger partial charge in [0.05, 0.1) is 12.2 Å². The topological polar surface area (TPSA) is 67.8 Å². The summed E-state index contributed by atoms with van der Waals surface area (Å²) in [4.78, 5) is 13.0. The maximum atomic E-state index is 11.9. The molecular weight excluding hydrogens is 566 g/mol. The molecule has 5 nitrogen and oxygen atoms in total. The van der Waals surface area contributed by atoms with Gasteiger partial charge in [-0.3, -0.25) is 0 Å². The minimum atomic E-state index is -0.936. The molecule has 1 saturated carbocycles. The fourth-order valence-electron chi connectivity index (χ4n) is 5.10. The van der Waals surface area contributed by atoms with Gasteiger partial charge in [-0.1, -0.05) is 70.2 Å². The number of carbonyl (C=O) groups is 1. The molecule has 2 N–H and O–H groups in total. The summed E-state index contributed by atoms with van der Waals surface area (Å²) in [6.45, 7) is 20.7. The van der Waals surface area contributed by atoms with Crippen LogP contribution in [0.1, 0.15) is 98.1 Å². The largest absolute Gasteiger partial charge is 0.490 e. The second-order valence-corrected chi connectivity index (χ2v) is 11.5. The van der Waals surface area contributed by atoms with Gasteiger partial charge in [-0.2, -0.15) is 0 Å². The zero-order chi connectivity index (χ0) is 33.1. The van der Waals surface area contributed by atoms with Crippen LogP contribution >= 0.6 is 11.8 Å². The molecule has 0 radical (unpaired) electrons. The average Bonchev–Trinajstić information content (AvgIpc) is 3.44. The molecule has 0 spiro atoms. The van der Waals surface area contributed by atoms with Crippen LogP contribution in [0.4, 0.5) is 0 Å². The number of hydrogen-bond donors (Lipinski definition) is 2. The van der Waals surface area contributed by atoms with Gasteiger partial charge in [-0.15, -0.1) is 11.8 Å². The summed E-state index contributed by atoms with van der Waals surface area (Å²) in [6.07, 6.45) is 19.7. The Morgan fingerprint density at radius 2 is 1.86 bits per heavy atom. The Balaban J connectivity index is 0.00000232. The molecule has 0 aliphatic heterocycles. The number of benzene rings is 1. The quantitative estimate of drug-likeness (QED) is 0.201. The van der Waals surface area contributed by atoms with Crippen LogP contribution in [-0.4, -0.2) is 42.2 Å². The maximum absolute atomic E-state index is 11.9. The number of ether oxygens (including phenoxy) is 2. The number of nitrogens with one attached hydrogen (secondary N) is 1. The summed E-state index contributed by atoms with van der Waals surface area (Å²) >= 11 is 1.69. The van der Waals surface area contributed by atoms with Crippen molar-refractivity contribution in [2.75, 3.05) is 12.8 Å². The summed E-state index contributed by atoms with van der Waals surface area (Å²) < 4.78 is 11.9. The number of rotatable bonds is 14. The van der Waals surface area contributed by atoms with Crippen molar-refractivity contribution >= 4 is 23.4 Å². The van der Waals surface area contributed by atoms with E-state index in [1.807, 2.05) is 66.7 Å². The van der Waals surface area contributed by atoms with E-state index < -0.39 is 12.1 Å². The first-order valence-corrected chi connectivity index (χ1v) is 17.5. The second kappa shape index (κ2) is 21.7. The van der Waals surface area contributed by atoms with E-state index in [-0.39, 0.29) is 6.10 Å². The van der Waals surface area contributed by atoms with Crippen molar-refractivity contribution in [3.63, 3.8) is 0 Å². The maximum Gasteiger partial charge on any atom is 0.333 e. The molecule has 0 saturated heterocycles. The van der Waals surface area contributed by atoms with Gasteiger partial charge in [0.15, 0.2) is 6.10 Å². The van der Waals surface area contributed by atoms with E-state index in [4.69, 9.17) is 9.47 Å². The molecule has 44 heavy (non-hydrogen) atoms. The van der Waals surface area contributed by atoms with E-state index in [9.17, 15) is 9.90 Å². The molecule has 1 unspecified atom stereocenters. The van der Waals surface area contributed by atoms with Crippen LogP contribution in [0.15, 0.2) is 82.9 Å². The Morgan fingerprint density at radius 1 is 1.18 bits per heavy atom. The standard InChI is InChI=1S/C34H45NO4S.2C2H6/c1-7-8-16-33(40-6)31-15-11-12-26(21-32(34(36)37)38-23(2)3)20-27(31)22-35-25(5)30-18-17-29(19-24(30)4)39-28-13-9-10-14-28;2*1-2/h7-8,11,15-20,23,28,32,35H,5,9-10,12-14,21-22H2,1-4,6H3,(H,36,37);2*1-2H3/b8-7+,33-16-;;. The molecule has 1 fully saturated rings. The third-order valence-electron chi connectivity index (χ3n) is 7.09. The van der Waals surface area contributed by atoms with E-state index in [0.29, 0.717) is 25.5 Å². The van der Waals surface area contributed by atoms with E-state index in [2.05, 4.69) is 61.5 Å². The summed E-state index contributed by atoms with van der Waals surface area (Å²) in [5.74, 6) is -0.0172.